The molecule has 1 amide bonds. The minimum atomic E-state index is -0.476. The second kappa shape index (κ2) is 8.13. The summed E-state index contributed by atoms with van der Waals surface area (Å²) >= 11 is 0. The van der Waals surface area contributed by atoms with Crippen molar-refractivity contribution in [1.82, 2.24) is 15.1 Å². The number of carbonyl (C=O) groups is 1. The molecule has 1 saturated carbocycles. The largest absolute Gasteiger partial charge is 0.493 e. The van der Waals surface area contributed by atoms with Crippen molar-refractivity contribution in [2.75, 3.05) is 6.61 Å². The molecule has 2 heterocycles. The molecule has 1 unspecified atom stereocenters. The maximum Gasteiger partial charge on any atom is 0.220 e. The fourth-order valence-electron chi connectivity index (χ4n) is 4.20. The lowest BCUT2D eigenvalue weighted by Gasteiger charge is -2.18. The third kappa shape index (κ3) is 4.50. The van der Waals surface area contributed by atoms with Gasteiger partial charge in [-0.05, 0) is 61.3 Å². The van der Waals surface area contributed by atoms with Crippen LogP contribution in [0.5, 0.6) is 5.75 Å². The Morgan fingerprint density at radius 1 is 1.37 bits per heavy atom. The summed E-state index contributed by atoms with van der Waals surface area (Å²) in [6, 6.07) is 7.96. The van der Waals surface area contributed by atoms with Crippen LogP contribution in [0.15, 0.2) is 36.7 Å². The number of ether oxygens (including phenoxy) is 1. The normalized spacial score (nSPS) is 24.3. The Balaban J connectivity index is 1.25. The van der Waals surface area contributed by atoms with E-state index in [-0.39, 0.29) is 11.9 Å². The lowest BCUT2D eigenvalue weighted by atomic mass is 10.0. The number of fused-ring (bicyclic) bond motifs is 1. The van der Waals surface area contributed by atoms with Crippen LogP contribution in [0.1, 0.15) is 36.8 Å². The number of nitrogens with zero attached hydrogens (tertiary/aromatic N) is 2. The number of aliphatic hydroxyl groups excluding tert-OH is 1. The Bertz CT molecular complexity index is 775. The second-order valence-electron chi connectivity index (χ2n) is 7.70. The number of hydrogen-bond acceptors (Lipinski definition) is 4. The molecule has 1 aliphatic carbocycles. The van der Waals surface area contributed by atoms with E-state index in [1.807, 2.05) is 29.1 Å². The first-order chi connectivity index (χ1) is 13.2. The average Bonchev–Trinajstić information content (AvgIpc) is 3.30. The van der Waals surface area contributed by atoms with Crippen molar-refractivity contribution in [1.29, 1.82) is 0 Å². The quantitative estimate of drug-likeness (QED) is 0.818. The molecule has 1 fully saturated rings. The van der Waals surface area contributed by atoms with E-state index in [2.05, 4.69) is 16.5 Å². The van der Waals surface area contributed by atoms with E-state index in [4.69, 9.17) is 4.74 Å². The molecule has 2 aliphatic rings. The van der Waals surface area contributed by atoms with Gasteiger partial charge in [-0.1, -0.05) is 12.1 Å². The SMILES string of the molecule is O=C(CCc1ccc2c(c1)CCCO2)N[C@@H]1CC(Cn2cccn2)C[C@H]1O. The molecule has 0 bridgehead atoms. The molecule has 6 heteroatoms. The van der Waals surface area contributed by atoms with Crippen LogP contribution in [-0.4, -0.2) is 39.5 Å². The summed E-state index contributed by atoms with van der Waals surface area (Å²) < 4.78 is 7.53. The molecule has 1 aromatic heterocycles. The van der Waals surface area contributed by atoms with Crippen LogP contribution in [0, 0.1) is 5.92 Å². The first kappa shape index (κ1) is 18.0. The smallest absolute Gasteiger partial charge is 0.220 e. The van der Waals surface area contributed by atoms with Gasteiger partial charge in [-0.3, -0.25) is 9.48 Å². The van der Waals surface area contributed by atoms with Crippen LogP contribution < -0.4 is 10.1 Å². The molecule has 0 saturated heterocycles. The van der Waals surface area contributed by atoms with Crippen molar-refractivity contribution in [2.24, 2.45) is 5.92 Å². The first-order valence-corrected chi connectivity index (χ1v) is 9.87. The Hall–Kier alpha value is -2.34. The lowest BCUT2D eigenvalue weighted by molar-refractivity contribution is -0.122. The maximum atomic E-state index is 12.4. The summed E-state index contributed by atoms with van der Waals surface area (Å²) in [6.07, 6.45) is 7.95. The molecule has 0 radical (unpaired) electrons. The van der Waals surface area contributed by atoms with Gasteiger partial charge in [0.25, 0.3) is 0 Å². The highest BCUT2D eigenvalue weighted by Gasteiger charge is 2.34. The minimum Gasteiger partial charge on any atom is -0.493 e. The molecular weight excluding hydrogens is 342 g/mol. The zero-order chi connectivity index (χ0) is 18.6. The van der Waals surface area contributed by atoms with Gasteiger partial charge in [0.05, 0.1) is 18.8 Å². The summed E-state index contributed by atoms with van der Waals surface area (Å²) in [6.45, 7) is 1.58. The maximum absolute atomic E-state index is 12.4. The molecule has 2 aromatic rings. The highest BCUT2D eigenvalue weighted by atomic mass is 16.5. The van der Waals surface area contributed by atoms with Gasteiger partial charge in [0.2, 0.25) is 5.91 Å². The van der Waals surface area contributed by atoms with Crippen LogP contribution in [-0.2, 0) is 24.2 Å². The molecule has 3 atom stereocenters. The fraction of sp³-hybridized carbons (Fsp3) is 0.524. The first-order valence-electron chi connectivity index (χ1n) is 9.87. The minimum absolute atomic E-state index is 0.00719. The Morgan fingerprint density at radius 3 is 3.15 bits per heavy atom. The van der Waals surface area contributed by atoms with Crippen molar-refractivity contribution >= 4 is 5.91 Å². The highest BCUT2D eigenvalue weighted by molar-refractivity contribution is 5.76. The van der Waals surface area contributed by atoms with Gasteiger partial charge >= 0.3 is 0 Å². The Labute approximate surface area is 159 Å². The summed E-state index contributed by atoms with van der Waals surface area (Å²) in [7, 11) is 0. The van der Waals surface area contributed by atoms with Gasteiger partial charge in [0.15, 0.2) is 0 Å². The third-order valence-electron chi connectivity index (χ3n) is 5.59. The van der Waals surface area contributed by atoms with Crippen molar-refractivity contribution in [2.45, 2.75) is 57.2 Å². The Kier molecular flexibility index (Phi) is 5.43. The molecule has 1 aromatic carbocycles. The monoisotopic (exact) mass is 369 g/mol. The zero-order valence-electron chi connectivity index (χ0n) is 15.5. The number of hydrogen-bond donors (Lipinski definition) is 2. The van der Waals surface area contributed by atoms with E-state index in [0.29, 0.717) is 25.2 Å². The van der Waals surface area contributed by atoms with Crippen LogP contribution in [0.25, 0.3) is 0 Å². The van der Waals surface area contributed by atoms with Gasteiger partial charge in [-0.2, -0.15) is 5.10 Å². The number of benzene rings is 1. The zero-order valence-corrected chi connectivity index (χ0v) is 15.5. The van der Waals surface area contributed by atoms with E-state index in [0.717, 1.165) is 43.7 Å². The van der Waals surface area contributed by atoms with E-state index < -0.39 is 6.10 Å². The van der Waals surface area contributed by atoms with Crippen LogP contribution in [0.4, 0.5) is 0 Å². The number of aryl methyl sites for hydroxylation is 2. The predicted molar refractivity (Wildman–Crippen MR) is 101 cm³/mol. The van der Waals surface area contributed by atoms with E-state index in [9.17, 15) is 9.90 Å². The number of carbonyl (C=O) groups excluding carboxylic acids is 1. The van der Waals surface area contributed by atoms with E-state index in [1.54, 1.807) is 6.20 Å². The van der Waals surface area contributed by atoms with E-state index in [1.165, 1.54) is 5.56 Å². The van der Waals surface area contributed by atoms with Gasteiger partial charge in [-0.25, -0.2) is 0 Å². The summed E-state index contributed by atoms with van der Waals surface area (Å²) in [4.78, 5) is 12.4. The summed E-state index contributed by atoms with van der Waals surface area (Å²) in [5.41, 5.74) is 2.41. The molecule has 0 spiro atoms. The topological polar surface area (TPSA) is 76.4 Å². The number of aromatic nitrogens is 2. The van der Waals surface area contributed by atoms with Crippen LogP contribution >= 0.6 is 0 Å². The molecule has 27 heavy (non-hydrogen) atoms. The third-order valence-corrected chi connectivity index (χ3v) is 5.59. The second-order valence-corrected chi connectivity index (χ2v) is 7.70. The molecule has 1 aliphatic heterocycles. The predicted octanol–water partition coefficient (Wildman–Crippen LogP) is 2.10. The lowest BCUT2D eigenvalue weighted by Crippen LogP contribution is -2.40. The standard InChI is InChI=1S/C21H27N3O3/c25-19-13-16(14-24-9-2-8-22-24)12-18(19)23-21(26)7-5-15-4-6-20-17(11-15)3-1-10-27-20/h2,4,6,8-9,11,16,18-19,25H,1,3,5,7,10,12-14H2,(H,23,26)/t16?,18-,19-/m1/s1. The molecule has 4 rings (SSSR count). The average molecular weight is 369 g/mol. The summed E-state index contributed by atoms with van der Waals surface area (Å²) in [5.74, 6) is 1.32. The molecule has 2 N–H and O–H groups in total. The van der Waals surface area contributed by atoms with Gasteiger partial charge in [-0.15, -0.1) is 0 Å². The fourth-order valence-corrected chi connectivity index (χ4v) is 4.20. The van der Waals surface area contributed by atoms with Crippen LogP contribution in [0.2, 0.25) is 0 Å². The Morgan fingerprint density at radius 2 is 2.30 bits per heavy atom. The molecule has 6 nitrogen and oxygen atoms in total. The van der Waals surface area contributed by atoms with Crippen molar-refractivity contribution in [3.05, 3.63) is 47.8 Å². The molecular formula is C21H27N3O3. The van der Waals surface area contributed by atoms with Gasteiger partial charge in [0, 0.05) is 25.4 Å². The van der Waals surface area contributed by atoms with Crippen molar-refractivity contribution < 1.29 is 14.6 Å². The molecule has 144 valence electrons. The van der Waals surface area contributed by atoms with Gasteiger partial charge in [0.1, 0.15) is 5.75 Å². The van der Waals surface area contributed by atoms with Gasteiger partial charge < -0.3 is 15.2 Å². The van der Waals surface area contributed by atoms with Crippen LogP contribution in [0.3, 0.4) is 0 Å². The van der Waals surface area contributed by atoms with E-state index >= 15 is 0 Å². The number of nitrogens with one attached hydrogen (secondary N) is 1. The number of amides is 1. The number of aliphatic hydroxyl groups is 1. The summed E-state index contributed by atoms with van der Waals surface area (Å²) in [5, 5.41) is 17.5. The van der Waals surface area contributed by atoms with Crippen molar-refractivity contribution in [3.8, 4) is 5.75 Å². The van der Waals surface area contributed by atoms with Crippen molar-refractivity contribution in [3.63, 3.8) is 0 Å². The number of rotatable bonds is 6. The highest BCUT2D eigenvalue weighted by Crippen LogP contribution is 2.28.